The first-order chi connectivity index (χ1) is 7.88. The lowest BCUT2D eigenvalue weighted by atomic mass is 10.1. The van der Waals surface area contributed by atoms with Crippen molar-refractivity contribution < 1.29 is 18.3 Å². The first kappa shape index (κ1) is 13.7. The van der Waals surface area contributed by atoms with Gasteiger partial charge in [0.1, 0.15) is 0 Å². The minimum absolute atomic E-state index is 0.00405. The van der Waals surface area contributed by atoms with Gasteiger partial charge in [0.15, 0.2) is 0 Å². The Hall–Kier alpha value is -1.40. The molecule has 0 bridgehead atoms. The summed E-state index contributed by atoms with van der Waals surface area (Å²) in [6, 6.07) is 4.07. The minimum Gasteiger partial charge on any atom is -0.478 e. The second-order valence-electron chi connectivity index (χ2n) is 3.68. The smallest absolute Gasteiger partial charge is 0.335 e. The van der Waals surface area contributed by atoms with Gasteiger partial charge in [-0.1, -0.05) is 13.0 Å². The fourth-order valence-electron chi connectivity index (χ4n) is 1.32. The molecule has 0 saturated heterocycles. The van der Waals surface area contributed by atoms with Gasteiger partial charge in [0.05, 0.1) is 10.5 Å². The van der Waals surface area contributed by atoms with Crippen molar-refractivity contribution in [3.05, 3.63) is 29.3 Å². The Balaban J connectivity index is 3.16. The maximum Gasteiger partial charge on any atom is 0.335 e. The maximum atomic E-state index is 11.8. The number of sulfonamides is 1. The molecule has 0 saturated carbocycles. The van der Waals surface area contributed by atoms with E-state index in [1.165, 1.54) is 18.2 Å². The zero-order valence-corrected chi connectivity index (χ0v) is 10.5. The van der Waals surface area contributed by atoms with E-state index < -0.39 is 16.0 Å². The van der Waals surface area contributed by atoms with E-state index in [1.807, 2.05) is 6.92 Å². The molecule has 0 fully saturated rings. The van der Waals surface area contributed by atoms with E-state index in [2.05, 4.69) is 4.72 Å². The van der Waals surface area contributed by atoms with Gasteiger partial charge in [0, 0.05) is 6.54 Å². The van der Waals surface area contributed by atoms with Crippen LogP contribution in [0.1, 0.15) is 29.3 Å². The van der Waals surface area contributed by atoms with Gasteiger partial charge < -0.3 is 5.11 Å². The number of carbonyl (C=O) groups is 1. The summed E-state index contributed by atoms with van der Waals surface area (Å²) >= 11 is 0. The van der Waals surface area contributed by atoms with Crippen molar-refractivity contribution in [2.75, 3.05) is 6.54 Å². The van der Waals surface area contributed by atoms with Crippen LogP contribution in [0.4, 0.5) is 0 Å². The quantitative estimate of drug-likeness (QED) is 0.834. The normalized spacial score (nSPS) is 11.4. The predicted octanol–water partition coefficient (Wildman–Crippen LogP) is 1.38. The number of hydrogen-bond donors (Lipinski definition) is 2. The first-order valence-corrected chi connectivity index (χ1v) is 6.70. The number of nitrogens with one attached hydrogen (secondary N) is 1. The number of aromatic carboxylic acids is 1. The molecular formula is C11H15NO4S. The molecule has 2 N–H and O–H groups in total. The second-order valence-corrected chi connectivity index (χ2v) is 5.45. The van der Waals surface area contributed by atoms with E-state index in [1.54, 1.807) is 6.92 Å². The lowest BCUT2D eigenvalue weighted by molar-refractivity contribution is 0.0696. The Kier molecular flexibility index (Phi) is 4.25. The highest BCUT2D eigenvalue weighted by Gasteiger charge is 2.16. The van der Waals surface area contributed by atoms with Crippen molar-refractivity contribution in [1.29, 1.82) is 0 Å². The molecule has 0 aromatic heterocycles. The van der Waals surface area contributed by atoms with Crippen LogP contribution in [0.5, 0.6) is 0 Å². The minimum atomic E-state index is -3.61. The number of carboxylic acid groups (broad SMARTS) is 1. The molecule has 17 heavy (non-hydrogen) atoms. The largest absolute Gasteiger partial charge is 0.478 e. The van der Waals surface area contributed by atoms with Crippen molar-refractivity contribution in [3.63, 3.8) is 0 Å². The fraction of sp³-hybridized carbons (Fsp3) is 0.364. The van der Waals surface area contributed by atoms with Gasteiger partial charge in [0.25, 0.3) is 0 Å². The van der Waals surface area contributed by atoms with Gasteiger partial charge in [-0.3, -0.25) is 0 Å². The SMILES string of the molecule is CCCNS(=O)(=O)c1ccc(C)c(C(=O)O)c1. The van der Waals surface area contributed by atoms with E-state index in [4.69, 9.17) is 5.11 Å². The molecule has 6 heteroatoms. The van der Waals surface area contributed by atoms with Crippen molar-refractivity contribution >= 4 is 16.0 Å². The Morgan fingerprint density at radius 1 is 1.41 bits per heavy atom. The Morgan fingerprint density at radius 2 is 2.06 bits per heavy atom. The number of rotatable bonds is 5. The highest BCUT2D eigenvalue weighted by Crippen LogP contribution is 2.15. The number of carboxylic acids is 1. The van der Waals surface area contributed by atoms with Crippen LogP contribution in [0.3, 0.4) is 0 Å². The maximum absolute atomic E-state index is 11.8. The van der Waals surface area contributed by atoms with Gasteiger partial charge in [0.2, 0.25) is 10.0 Å². The molecule has 1 aromatic carbocycles. The van der Waals surface area contributed by atoms with Crippen LogP contribution in [0.25, 0.3) is 0 Å². The van der Waals surface area contributed by atoms with Crippen molar-refractivity contribution in [2.45, 2.75) is 25.2 Å². The van der Waals surface area contributed by atoms with Crippen molar-refractivity contribution in [2.24, 2.45) is 0 Å². The molecule has 0 unspecified atom stereocenters. The van der Waals surface area contributed by atoms with E-state index in [9.17, 15) is 13.2 Å². The first-order valence-electron chi connectivity index (χ1n) is 5.22. The van der Waals surface area contributed by atoms with Gasteiger partial charge >= 0.3 is 5.97 Å². The molecule has 0 heterocycles. The zero-order valence-electron chi connectivity index (χ0n) is 9.73. The van der Waals surface area contributed by atoms with Crippen LogP contribution < -0.4 is 4.72 Å². The zero-order chi connectivity index (χ0) is 13.1. The summed E-state index contributed by atoms with van der Waals surface area (Å²) in [6.45, 7) is 3.80. The highest BCUT2D eigenvalue weighted by atomic mass is 32.2. The summed E-state index contributed by atoms with van der Waals surface area (Å²) in [5, 5.41) is 8.92. The molecule has 0 amide bonds. The van der Waals surface area contributed by atoms with Crippen LogP contribution in [0.15, 0.2) is 23.1 Å². The van der Waals surface area contributed by atoms with E-state index >= 15 is 0 Å². The molecule has 0 aliphatic heterocycles. The number of aryl methyl sites for hydroxylation is 1. The third-order valence-electron chi connectivity index (χ3n) is 2.29. The Morgan fingerprint density at radius 3 is 2.59 bits per heavy atom. The monoisotopic (exact) mass is 257 g/mol. The molecule has 0 atom stereocenters. The predicted molar refractivity (Wildman–Crippen MR) is 63.6 cm³/mol. The summed E-state index contributed by atoms with van der Waals surface area (Å²) in [5.41, 5.74) is 0.538. The summed E-state index contributed by atoms with van der Waals surface area (Å²) in [7, 11) is -3.61. The van der Waals surface area contributed by atoms with Crippen LogP contribution in [-0.4, -0.2) is 26.0 Å². The molecule has 5 nitrogen and oxygen atoms in total. The second kappa shape index (κ2) is 5.29. The Labute approximate surface area is 101 Å². The lowest BCUT2D eigenvalue weighted by Crippen LogP contribution is -2.24. The summed E-state index contributed by atoms with van der Waals surface area (Å²) < 4.78 is 25.9. The number of hydrogen-bond acceptors (Lipinski definition) is 3. The summed E-state index contributed by atoms with van der Waals surface area (Å²) in [4.78, 5) is 10.9. The molecule has 94 valence electrons. The van der Waals surface area contributed by atoms with Crippen molar-refractivity contribution in [3.8, 4) is 0 Å². The third kappa shape index (κ3) is 3.28. The van der Waals surface area contributed by atoms with Crippen LogP contribution in [0.2, 0.25) is 0 Å². The third-order valence-corrected chi connectivity index (χ3v) is 3.75. The van der Waals surface area contributed by atoms with Crippen LogP contribution >= 0.6 is 0 Å². The highest BCUT2D eigenvalue weighted by molar-refractivity contribution is 7.89. The summed E-state index contributed by atoms with van der Waals surface area (Å²) in [6.07, 6.45) is 0.677. The fourth-order valence-corrected chi connectivity index (χ4v) is 2.48. The average Bonchev–Trinajstić information content (AvgIpc) is 2.26. The molecule has 1 rings (SSSR count). The van der Waals surface area contributed by atoms with E-state index in [-0.39, 0.29) is 10.5 Å². The Bertz CT molecular complexity index is 522. The van der Waals surface area contributed by atoms with Crippen molar-refractivity contribution in [1.82, 2.24) is 4.72 Å². The molecule has 0 radical (unpaired) electrons. The lowest BCUT2D eigenvalue weighted by Gasteiger charge is -2.07. The topological polar surface area (TPSA) is 83.5 Å². The van der Waals surface area contributed by atoms with E-state index in [0.29, 0.717) is 18.5 Å². The molecule has 0 spiro atoms. The van der Waals surface area contributed by atoms with E-state index in [0.717, 1.165) is 0 Å². The molecular weight excluding hydrogens is 242 g/mol. The molecule has 1 aromatic rings. The van der Waals surface area contributed by atoms with Gasteiger partial charge in [-0.25, -0.2) is 17.9 Å². The molecule has 0 aliphatic carbocycles. The van der Waals surface area contributed by atoms with Crippen LogP contribution in [0, 0.1) is 6.92 Å². The van der Waals surface area contributed by atoms with Crippen LogP contribution in [-0.2, 0) is 10.0 Å². The standard InChI is InChI=1S/C11H15NO4S/c1-3-6-12-17(15,16)9-5-4-8(2)10(7-9)11(13)14/h4-5,7,12H,3,6H2,1-2H3,(H,13,14). The average molecular weight is 257 g/mol. The summed E-state index contributed by atoms with van der Waals surface area (Å²) in [5.74, 6) is -1.13. The van der Waals surface area contributed by atoms with Gasteiger partial charge in [-0.05, 0) is 31.0 Å². The number of benzene rings is 1. The van der Waals surface area contributed by atoms with Gasteiger partial charge in [-0.2, -0.15) is 0 Å². The van der Waals surface area contributed by atoms with Gasteiger partial charge in [-0.15, -0.1) is 0 Å². The molecule has 0 aliphatic rings.